The summed E-state index contributed by atoms with van der Waals surface area (Å²) in [4.78, 5) is 15.4. The molecule has 1 N–H and O–H groups in total. The highest BCUT2D eigenvalue weighted by molar-refractivity contribution is 7.99. The molecule has 5 heteroatoms. The summed E-state index contributed by atoms with van der Waals surface area (Å²) in [5.74, 6) is 1.09. The highest BCUT2D eigenvalue weighted by atomic mass is 32.2. The number of aromatic nitrogens is 2. The van der Waals surface area contributed by atoms with Crippen molar-refractivity contribution < 1.29 is 4.79 Å². The van der Waals surface area contributed by atoms with E-state index in [4.69, 9.17) is 0 Å². The molecule has 0 aliphatic heterocycles. The van der Waals surface area contributed by atoms with Gasteiger partial charge >= 0.3 is 0 Å². The van der Waals surface area contributed by atoms with Gasteiger partial charge in [0.25, 0.3) is 0 Å². The molecule has 0 bridgehead atoms. The van der Waals surface area contributed by atoms with Gasteiger partial charge in [-0.05, 0) is 65.5 Å². The number of amides is 1. The fraction of sp³-hybridized carbons (Fsp3) is 0.286. The van der Waals surface area contributed by atoms with E-state index in [-0.39, 0.29) is 5.91 Å². The molecule has 1 atom stereocenters. The van der Waals surface area contributed by atoms with Crippen molar-refractivity contribution in [3.8, 4) is 0 Å². The minimum atomic E-state index is -0.0354. The molecule has 0 saturated heterocycles. The third-order valence-corrected chi connectivity index (χ3v) is 7.16. The number of nitrogens with zero attached hydrogens (tertiary/aromatic N) is 2. The number of rotatable bonds is 11. The van der Waals surface area contributed by atoms with Gasteiger partial charge in [0.05, 0.1) is 6.33 Å². The summed E-state index contributed by atoms with van der Waals surface area (Å²) in [6.45, 7) is 2.52. The molecule has 33 heavy (non-hydrogen) atoms. The summed E-state index contributed by atoms with van der Waals surface area (Å²) < 4.78 is 2.19. The maximum absolute atomic E-state index is 11.2. The van der Waals surface area contributed by atoms with E-state index in [1.54, 1.807) is 0 Å². The molecular formula is C28H31N3OS. The minimum Gasteiger partial charge on any atom is -0.336 e. The van der Waals surface area contributed by atoms with Crippen LogP contribution in [-0.2, 0) is 24.2 Å². The Morgan fingerprint density at radius 2 is 1.79 bits per heavy atom. The summed E-state index contributed by atoms with van der Waals surface area (Å²) >= 11 is 2.07. The number of anilines is 1. The number of hydrogen-bond donors (Lipinski definition) is 1. The van der Waals surface area contributed by atoms with Crippen molar-refractivity contribution in [1.82, 2.24) is 9.55 Å². The van der Waals surface area contributed by atoms with Gasteiger partial charge in [-0.2, -0.15) is 11.8 Å². The van der Waals surface area contributed by atoms with Gasteiger partial charge < -0.3 is 9.88 Å². The number of fused-ring (bicyclic) bond motifs is 1. The van der Waals surface area contributed by atoms with E-state index in [1.165, 1.54) is 28.8 Å². The quantitative estimate of drug-likeness (QED) is 0.267. The van der Waals surface area contributed by atoms with Crippen LogP contribution in [-0.4, -0.2) is 26.5 Å². The molecule has 0 aliphatic rings. The fourth-order valence-corrected chi connectivity index (χ4v) is 5.27. The van der Waals surface area contributed by atoms with Crippen LogP contribution >= 0.6 is 11.8 Å². The first kappa shape index (κ1) is 23.1. The van der Waals surface area contributed by atoms with Crippen molar-refractivity contribution in [2.45, 2.75) is 44.4 Å². The van der Waals surface area contributed by atoms with Crippen molar-refractivity contribution in [1.29, 1.82) is 0 Å². The van der Waals surface area contributed by atoms with E-state index < -0.39 is 0 Å². The lowest BCUT2D eigenvalue weighted by Crippen LogP contribution is -2.14. The Morgan fingerprint density at radius 1 is 1.00 bits per heavy atom. The van der Waals surface area contributed by atoms with Crippen LogP contribution in [0.1, 0.15) is 30.9 Å². The van der Waals surface area contributed by atoms with Crippen LogP contribution in [0.4, 0.5) is 5.69 Å². The van der Waals surface area contributed by atoms with Gasteiger partial charge in [0.2, 0.25) is 5.91 Å². The molecule has 1 aromatic heterocycles. The normalized spacial score (nSPS) is 12.0. The molecular weight excluding hydrogens is 426 g/mol. The molecule has 4 aromatic rings. The van der Waals surface area contributed by atoms with Crippen molar-refractivity contribution in [3.63, 3.8) is 0 Å². The third-order valence-electron chi connectivity index (χ3n) is 5.78. The largest absolute Gasteiger partial charge is 0.336 e. The average molecular weight is 458 g/mol. The lowest BCUT2D eigenvalue weighted by atomic mass is 10.0. The number of benzene rings is 3. The van der Waals surface area contributed by atoms with Crippen molar-refractivity contribution in [3.05, 3.63) is 96.6 Å². The Bertz CT molecular complexity index is 1160. The standard InChI is InChI=1S/C28H31N3OS/c1-22(32)30-27-13-9-23(10-14-27)5-4-18-33-28(20-31-17-16-29-21-31)15-11-24-8-12-25-6-2-3-7-26(25)19-24/h2-3,6-10,12-14,16-17,19,21,28H,4-5,11,15,18,20H2,1H3,(H,30,32). The summed E-state index contributed by atoms with van der Waals surface area (Å²) in [5, 5.41) is 5.99. The number of carbonyl (C=O) groups is 1. The number of nitrogens with one attached hydrogen (secondary N) is 1. The SMILES string of the molecule is CC(=O)Nc1ccc(CCCSC(CCc2ccc3ccccc3c2)Cn2ccnc2)cc1. The Balaban J connectivity index is 1.29. The molecule has 0 fully saturated rings. The van der Waals surface area contributed by atoms with Gasteiger partial charge in [-0.1, -0.05) is 54.6 Å². The zero-order valence-corrected chi connectivity index (χ0v) is 19.9. The predicted octanol–water partition coefficient (Wildman–Crippen LogP) is 6.36. The lowest BCUT2D eigenvalue weighted by molar-refractivity contribution is -0.114. The van der Waals surface area contributed by atoms with Gasteiger partial charge in [-0.25, -0.2) is 4.98 Å². The maximum Gasteiger partial charge on any atom is 0.221 e. The van der Waals surface area contributed by atoms with E-state index >= 15 is 0 Å². The molecule has 1 heterocycles. The van der Waals surface area contributed by atoms with Crippen LogP contribution in [0.3, 0.4) is 0 Å². The second-order valence-corrected chi connectivity index (χ2v) is 9.86. The van der Waals surface area contributed by atoms with Gasteiger partial charge in [0, 0.05) is 36.8 Å². The summed E-state index contributed by atoms with van der Waals surface area (Å²) in [7, 11) is 0. The van der Waals surface area contributed by atoms with Crippen LogP contribution in [0, 0.1) is 0 Å². The van der Waals surface area contributed by atoms with Gasteiger partial charge in [-0.15, -0.1) is 0 Å². The first-order chi connectivity index (χ1) is 16.2. The highest BCUT2D eigenvalue weighted by Crippen LogP contribution is 2.23. The lowest BCUT2D eigenvalue weighted by Gasteiger charge is -2.17. The molecule has 0 spiro atoms. The highest BCUT2D eigenvalue weighted by Gasteiger charge is 2.11. The molecule has 0 aliphatic carbocycles. The second kappa shape index (κ2) is 11.7. The minimum absolute atomic E-state index is 0.0354. The molecule has 3 aromatic carbocycles. The van der Waals surface area contributed by atoms with Gasteiger partial charge in [0.1, 0.15) is 0 Å². The van der Waals surface area contributed by atoms with Crippen molar-refractivity contribution in [2.75, 3.05) is 11.1 Å². The summed E-state index contributed by atoms with van der Waals surface area (Å²) in [5.41, 5.74) is 3.57. The smallest absolute Gasteiger partial charge is 0.221 e. The first-order valence-corrected chi connectivity index (χ1v) is 12.6. The third kappa shape index (κ3) is 7.22. The summed E-state index contributed by atoms with van der Waals surface area (Å²) in [6.07, 6.45) is 10.3. The second-order valence-electron chi connectivity index (χ2n) is 8.45. The van der Waals surface area contributed by atoms with Crippen LogP contribution in [0.5, 0.6) is 0 Å². The molecule has 0 saturated carbocycles. The van der Waals surface area contributed by atoms with E-state index in [0.717, 1.165) is 43.7 Å². The topological polar surface area (TPSA) is 46.9 Å². The number of carbonyl (C=O) groups excluding carboxylic acids is 1. The Kier molecular flexibility index (Phi) is 8.20. The number of thioether (sulfide) groups is 1. The predicted molar refractivity (Wildman–Crippen MR) is 140 cm³/mol. The molecule has 1 unspecified atom stereocenters. The molecule has 4 rings (SSSR count). The molecule has 1 amide bonds. The Hall–Kier alpha value is -3.05. The number of aryl methyl sites for hydroxylation is 2. The fourth-order valence-electron chi connectivity index (χ4n) is 4.06. The Labute approximate surface area is 200 Å². The maximum atomic E-state index is 11.2. The number of imidazole rings is 1. The molecule has 170 valence electrons. The van der Waals surface area contributed by atoms with E-state index in [2.05, 4.69) is 87.4 Å². The summed E-state index contributed by atoms with van der Waals surface area (Å²) in [6, 6.07) is 23.6. The van der Waals surface area contributed by atoms with Crippen LogP contribution < -0.4 is 5.32 Å². The average Bonchev–Trinajstić information content (AvgIpc) is 3.34. The van der Waals surface area contributed by atoms with Crippen molar-refractivity contribution >= 4 is 34.1 Å². The molecule has 0 radical (unpaired) electrons. The van der Waals surface area contributed by atoms with Gasteiger partial charge in [-0.3, -0.25) is 4.79 Å². The van der Waals surface area contributed by atoms with Gasteiger partial charge in [0.15, 0.2) is 0 Å². The van der Waals surface area contributed by atoms with E-state index in [0.29, 0.717) is 5.25 Å². The van der Waals surface area contributed by atoms with Crippen LogP contribution in [0.2, 0.25) is 0 Å². The van der Waals surface area contributed by atoms with Crippen LogP contribution in [0.15, 0.2) is 85.5 Å². The zero-order valence-electron chi connectivity index (χ0n) is 19.1. The monoisotopic (exact) mass is 457 g/mol. The van der Waals surface area contributed by atoms with Crippen LogP contribution in [0.25, 0.3) is 10.8 Å². The number of hydrogen-bond acceptors (Lipinski definition) is 3. The molecule has 4 nitrogen and oxygen atoms in total. The first-order valence-electron chi connectivity index (χ1n) is 11.6. The Morgan fingerprint density at radius 3 is 2.55 bits per heavy atom. The zero-order chi connectivity index (χ0) is 22.9. The van der Waals surface area contributed by atoms with Crippen molar-refractivity contribution in [2.24, 2.45) is 0 Å². The van der Waals surface area contributed by atoms with E-state index in [9.17, 15) is 4.79 Å². The van der Waals surface area contributed by atoms with E-state index in [1.807, 2.05) is 24.7 Å².